The second kappa shape index (κ2) is 5.13. The van der Waals surface area contributed by atoms with Gasteiger partial charge in [0.1, 0.15) is 11.8 Å². The van der Waals surface area contributed by atoms with Crippen LogP contribution in [0.15, 0.2) is 12.3 Å². The molecular formula is C13H18N4. The average Bonchev–Trinajstić information content (AvgIpc) is 2.39. The summed E-state index contributed by atoms with van der Waals surface area (Å²) in [6, 6.07) is 3.70. The molecule has 0 N–H and O–H groups in total. The van der Waals surface area contributed by atoms with Gasteiger partial charge in [0, 0.05) is 19.3 Å². The van der Waals surface area contributed by atoms with E-state index >= 15 is 0 Å². The van der Waals surface area contributed by atoms with Gasteiger partial charge >= 0.3 is 0 Å². The molecule has 1 aliphatic rings. The highest BCUT2D eigenvalue weighted by atomic mass is 15.2. The summed E-state index contributed by atoms with van der Waals surface area (Å²) in [4.78, 5) is 10.7. The van der Waals surface area contributed by atoms with E-state index < -0.39 is 0 Å². The van der Waals surface area contributed by atoms with Crippen LogP contribution in [-0.2, 0) is 0 Å². The summed E-state index contributed by atoms with van der Waals surface area (Å²) in [6.45, 7) is 6.57. The van der Waals surface area contributed by atoms with E-state index in [1.165, 1.54) is 12.8 Å². The van der Waals surface area contributed by atoms with Crippen molar-refractivity contribution in [1.29, 1.82) is 5.26 Å². The molecule has 0 spiro atoms. The molecule has 0 bridgehead atoms. The average molecular weight is 230 g/mol. The Morgan fingerprint density at radius 3 is 2.71 bits per heavy atom. The van der Waals surface area contributed by atoms with Crippen molar-refractivity contribution in [3.05, 3.63) is 18.0 Å². The monoisotopic (exact) mass is 230 g/mol. The standard InChI is InChI=1S/C13H18N4/c1-10(2)11-4-7-17(8-5-11)13-15-6-3-12(9-14)16-13/h3,6,10-11H,4-5,7-8H2,1-2H3. The maximum absolute atomic E-state index is 8.82. The Labute approximate surface area is 102 Å². The molecule has 0 saturated carbocycles. The predicted molar refractivity (Wildman–Crippen MR) is 66.5 cm³/mol. The van der Waals surface area contributed by atoms with Crippen molar-refractivity contribution in [2.45, 2.75) is 26.7 Å². The van der Waals surface area contributed by atoms with Crippen molar-refractivity contribution in [1.82, 2.24) is 9.97 Å². The van der Waals surface area contributed by atoms with Crippen LogP contribution < -0.4 is 4.90 Å². The quantitative estimate of drug-likeness (QED) is 0.781. The molecule has 0 amide bonds. The fourth-order valence-corrected chi connectivity index (χ4v) is 2.33. The van der Waals surface area contributed by atoms with Crippen LogP contribution >= 0.6 is 0 Å². The minimum Gasteiger partial charge on any atom is -0.341 e. The van der Waals surface area contributed by atoms with Gasteiger partial charge in [-0.15, -0.1) is 0 Å². The summed E-state index contributed by atoms with van der Waals surface area (Å²) < 4.78 is 0. The first-order chi connectivity index (χ1) is 8.20. The van der Waals surface area contributed by atoms with Crippen molar-refractivity contribution in [2.75, 3.05) is 18.0 Å². The van der Waals surface area contributed by atoms with Crippen molar-refractivity contribution >= 4 is 5.95 Å². The van der Waals surface area contributed by atoms with E-state index in [-0.39, 0.29) is 0 Å². The van der Waals surface area contributed by atoms with Crippen LogP contribution in [0.25, 0.3) is 0 Å². The van der Waals surface area contributed by atoms with Crippen molar-refractivity contribution in [3.63, 3.8) is 0 Å². The van der Waals surface area contributed by atoms with Gasteiger partial charge in [-0.25, -0.2) is 9.97 Å². The third kappa shape index (κ3) is 2.73. The Balaban J connectivity index is 2.03. The van der Waals surface area contributed by atoms with Gasteiger partial charge < -0.3 is 4.90 Å². The smallest absolute Gasteiger partial charge is 0.226 e. The molecule has 1 saturated heterocycles. The summed E-state index contributed by atoms with van der Waals surface area (Å²) >= 11 is 0. The van der Waals surface area contributed by atoms with Crippen molar-refractivity contribution in [2.24, 2.45) is 11.8 Å². The molecule has 0 unspecified atom stereocenters. The minimum atomic E-state index is 0.445. The molecule has 0 aromatic carbocycles. The lowest BCUT2D eigenvalue weighted by Crippen LogP contribution is -2.36. The zero-order chi connectivity index (χ0) is 12.3. The number of anilines is 1. The minimum absolute atomic E-state index is 0.445. The lowest BCUT2D eigenvalue weighted by atomic mass is 9.87. The summed E-state index contributed by atoms with van der Waals surface area (Å²) in [5.74, 6) is 2.26. The van der Waals surface area contributed by atoms with Gasteiger partial charge in [-0.05, 0) is 30.7 Å². The van der Waals surface area contributed by atoms with E-state index in [1.807, 2.05) is 0 Å². The van der Waals surface area contributed by atoms with E-state index in [1.54, 1.807) is 12.3 Å². The molecule has 0 atom stereocenters. The molecule has 0 radical (unpaired) electrons. The van der Waals surface area contributed by atoms with E-state index in [0.717, 1.165) is 24.9 Å². The normalized spacial score (nSPS) is 17.2. The molecule has 1 aromatic heterocycles. The lowest BCUT2D eigenvalue weighted by molar-refractivity contribution is 0.310. The Bertz CT molecular complexity index is 414. The number of hydrogen-bond acceptors (Lipinski definition) is 4. The number of aromatic nitrogens is 2. The zero-order valence-corrected chi connectivity index (χ0v) is 10.4. The molecule has 1 aliphatic heterocycles. The summed E-state index contributed by atoms with van der Waals surface area (Å²) in [5, 5.41) is 8.82. The summed E-state index contributed by atoms with van der Waals surface area (Å²) in [5.41, 5.74) is 0.445. The second-order valence-corrected chi connectivity index (χ2v) is 4.92. The largest absolute Gasteiger partial charge is 0.341 e. The van der Waals surface area contributed by atoms with Gasteiger partial charge in [0.2, 0.25) is 5.95 Å². The molecule has 1 fully saturated rings. The molecule has 2 rings (SSSR count). The third-order valence-electron chi connectivity index (χ3n) is 3.52. The van der Waals surface area contributed by atoms with Gasteiger partial charge in [0.15, 0.2) is 0 Å². The maximum Gasteiger partial charge on any atom is 0.226 e. The Kier molecular flexibility index (Phi) is 3.58. The van der Waals surface area contributed by atoms with Gasteiger partial charge in [0.25, 0.3) is 0 Å². The van der Waals surface area contributed by atoms with Gasteiger partial charge in [-0.3, -0.25) is 0 Å². The van der Waals surface area contributed by atoms with E-state index in [9.17, 15) is 0 Å². The molecule has 0 aliphatic carbocycles. The van der Waals surface area contributed by atoms with Crippen LogP contribution in [0.5, 0.6) is 0 Å². The highest BCUT2D eigenvalue weighted by molar-refractivity contribution is 5.34. The number of rotatable bonds is 2. The first-order valence-electron chi connectivity index (χ1n) is 6.19. The fraction of sp³-hybridized carbons (Fsp3) is 0.615. The fourth-order valence-electron chi connectivity index (χ4n) is 2.33. The van der Waals surface area contributed by atoms with Crippen LogP contribution in [0.1, 0.15) is 32.4 Å². The van der Waals surface area contributed by atoms with Gasteiger partial charge in [0.05, 0.1) is 0 Å². The van der Waals surface area contributed by atoms with E-state index in [0.29, 0.717) is 11.6 Å². The number of nitrogens with zero attached hydrogens (tertiary/aromatic N) is 4. The third-order valence-corrected chi connectivity index (χ3v) is 3.52. The van der Waals surface area contributed by atoms with Crippen LogP contribution in [0.3, 0.4) is 0 Å². The number of hydrogen-bond donors (Lipinski definition) is 0. The molecule has 90 valence electrons. The molecule has 4 heteroatoms. The summed E-state index contributed by atoms with van der Waals surface area (Å²) in [6.07, 6.45) is 4.05. The van der Waals surface area contributed by atoms with Crippen LogP contribution in [0, 0.1) is 23.2 Å². The number of piperidine rings is 1. The SMILES string of the molecule is CC(C)C1CCN(c2nccc(C#N)n2)CC1. The van der Waals surface area contributed by atoms with E-state index in [2.05, 4.69) is 34.8 Å². The molecule has 2 heterocycles. The molecular weight excluding hydrogens is 212 g/mol. The molecule has 1 aromatic rings. The molecule has 17 heavy (non-hydrogen) atoms. The van der Waals surface area contributed by atoms with Crippen LogP contribution in [0.2, 0.25) is 0 Å². The van der Waals surface area contributed by atoms with Gasteiger partial charge in [-0.1, -0.05) is 13.8 Å². The first kappa shape index (κ1) is 11.8. The second-order valence-electron chi connectivity index (χ2n) is 4.92. The first-order valence-corrected chi connectivity index (χ1v) is 6.19. The van der Waals surface area contributed by atoms with Crippen molar-refractivity contribution in [3.8, 4) is 6.07 Å². The summed E-state index contributed by atoms with van der Waals surface area (Å²) in [7, 11) is 0. The van der Waals surface area contributed by atoms with Crippen LogP contribution in [-0.4, -0.2) is 23.1 Å². The highest BCUT2D eigenvalue weighted by Crippen LogP contribution is 2.26. The zero-order valence-electron chi connectivity index (χ0n) is 10.4. The Morgan fingerprint density at radius 1 is 1.41 bits per heavy atom. The van der Waals surface area contributed by atoms with E-state index in [4.69, 9.17) is 5.26 Å². The lowest BCUT2D eigenvalue weighted by Gasteiger charge is -2.33. The Hall–Kier alpha value is -1.63. The highest BCUT2D eigenvalue weighted by Gasteiger charge is 2.22. The molecule has 4 nitrogen and oxygen atoms in total. The Morgan fingerprint density at radius 2 is 2.12 bits per heavy atom. The predicted octanol–water partition coefficient (Wildman–Crippen LogP) is 2.22. The van der Waals surface area contributed by atoms with Gasteiger partial charge in [-0.2, -0.15) is 5.26 Å². The number of nitriles is 1. The van der Waals surface area contributed by atoms with Crippen LogP contribution in [0.4, 0.5) is 5.95 Å². The maximum atomic E-state index is 8.82. The van der Waals surface area contributed by atoms with Crippen molar-refractivity contribution < 1.29 is 0 Å². The topological polar surface area (TPSA) is 52.8 Å².